The van der Waals surface area contributed by atoms with Crippen molar-refractivity contribution in [3.05, 3.63) is 0 Å². The highest BCUT2D eigenvalue weighted by Gasteiger charge is 2.40. The highest BCUT2D eigenvalue weighted by Crippen LogP contribution is 2.40. The predicted molar refractivity (Wildman–Crippen MR) is 76.0 cm³/mol. The third kappa shape index (κ3) is 3.39. The molecule has 1 rings (SSSR count). The molecule has 0 aromatic rings. The van der Waals surface area contributed by atoms with Gasteiger partial charge in [-0.2, -0.15) is 0 Å². The molecule has 1 aliphatic carbocycles. The lowest BCUT2D eigenvalue weighted by atomic mass is 9.68. The summed E-state index contributed by atoms with van der Waals surface area (Å²) in [6, 6.07) is 0. The van der Waals surface area contributed by atoms with Crippen LogP contribution in [0.5, 0.6) is 0 Å². The molecule has 0 bridgehead atoms. The number of carbonyl (C=O) groups excluding carboxylic acids is 1. The van der Waals surface area contributed by atoms with Gasteiger partial charge in [-0.05, 0) is 31.6 Å². The number of hydrogen-bond acceptors (Lipinski definition) is 3. The minimum atomic E-state index is -0.778. The third-order valence-electron chi connectivity index (χ3n) is 4.60. The summed E-state index contributed by atoms with van der Waals surface area (Å²) in [4.78, 5) is 12.5. The van der Waals surface area contributed by atoms with Gasteiger partial charge in [0.15, 0.2) is 5.84 Å². The van der Waals surface area contributed by atoms with Crippen LogP contribution in [0.4, 0.5) is 0 Å². The summed E-state index contributed by atoms with van der Waals surface area (Å²) < 4.78 is 0. The van der Waals surface area contributed by atoms with E-state index >= 15 is 0 Å². The minimum absolute atomic E-state index is 0.00128. The van der Waals surface area contributed by atoms with Crippen LogP contribution in [0, 0.1) is 11.3 Å². The van der Waals surface area contributed by atoms with E-state index in [0.717, 1.165) is 19.3 Å². The van der Waals surface area contributed by atoms with E-state index in [2.05, 4.69) is 24.3 Å². The standard InChI is InChI=1S/C14H27N3O2/c1-5-14(4,12(15)17-19)16-11(18)10-8-6-7-9-13(10,2)3/h10,19H,5-9H2,1-4H3,(H2,15,17)(H,16,18). The van der Waals surface area contributed by atoms with Gasteiger partial charge in [0.1, 0.15) is 0 Å². The van der Waals surface area contributed by atoms with E-state index < -0.39 is 5.54 Å². The second kappa shape index (κ2) is 5.80. The molecule has 0 spiro atoms. The molecule has 0 aromatic heterocycles. The summed E-state index contributed by atoms with van der Waals surface area (Å²) in [6.07, 6.45) is 4.84. The Bertz CT molecular complexity index is 366. The quantitative estimate of drug-likeness (QED) is 0.316. The molecule has 2 atom stereocenters. The minimum Gasteiger partial charge on any atom is -0.409 e. The van der Waals surface area contributed by atoms with E-state index in [9.17, 15) is 4.79 Å². The molecule has 0 aromatic carbocycles. The van der Waals surface area contributed by atoms with E-state index in [4.69, 9.17) is 10.9 Å². The topological polar surface area (TPSA) is 87.7 Å². The van der Waals surface area contributed by atoms with E-state index in [1.54, 1.807) is 6.92 Å². The van der Waals surface area contributed by atoms with Crippen molar-refractivity contribution in [3.63, 3.8) is 0 Å². The molecule has 1 aliphatic rings. The summed E-state index contributed by atoms with van der Waals surface area (Å²) in [6.45, 7) is 7.98. The number of hydrogen-bond donors (Lipinski definition) is 3. The van der Waals surface area contributed by atoms with Gasteiger partial charge in [0.05, 0.1) is 5.54 Å². The van der Waals surface area contributed by atoms with Crippen LogP contribution in [0.15, 0.2) is 5.16 Å². The maximum atomic E-state index is 12.5. The fraction of sp³-hybridized carbons (Fsp3) is 0.857. The van der Waals surface area contributed by atoms with Crippen molar-refractivity contribution in [2.24, 2.45) is 22.2 Å². The van der Waals surface area contributed by atoms with Crippen LogP contribution in [0.2, 0.25) is 0 Å². The molecule has 4 N–H and O–H groups in total. The zero-order chi connectivity index (χ0) is 14.7. The Balaban J connectivity index is 2.83. The zero-order valence-electron chi connectivity index (χ0n) is 12.5. The van der Waals surface area contributed by atoms with Crippen LogP contribution in [0.1, 0.15) is 59.8 Å². The zero-order valence-corrected chi connectivity index (χ0v) is 12.5. The second-order valence-electron chi connectivity index (χ2n) is 6.45. The van der Waals surface area contributed by atoms with Crippen LogP contribution in [-0.2, 0) is 4.79 Å². The van der Waals surface area contributed by atoms with Crippen molar-refractivity contribution in [3.8, 4) is 0 Å². The summed E-state index contributed by atoms with van der Waals surface area (Å²) in [5.41, 5.74) is 4.93. The lowest BCUT2D eigenvalue weighted by Crippen LogP contribution is -2.57. The maximum absolute atomic E-state index is 12.5. The Morgan fingerprint density at radius 3 is 2.63 bits per heavy atom. The van der Waals surface area contributed by atoms with Gasteiger partial charge in [-0.15, -0.1) is 0 Å². The first-order valence-electron chi connectivity index (χ1n) is 7.07. The molecule has 1 amide bonds. The fourth-order valence-electron chi connectivity index (χ4n) is 2.78. The maximum Gasteiger partial charge on any atom is 0.224 e. The molecular formula is C14H27N3O2. The molecule has 2 unspecified atom stereocenters. The van der Waals surface area contributed by atoms with E-state index in [-0.39, 0.29) is 23.1 Å². The lowest BCUT2D eigenvalue weighted by molar-refractivity contribution is -0.131. The molecule has 1 fully saturated rings. The molecule has 5 nitrogen and oxygen atoms in total. The summed E-state index contributed by atoms with van der Waals surface area (Å²) >= 11 is 0. The molecule has 0 radical (unpaired) electrons. The molecule has 0 heterocycles. The molecule has 1 saturated carbocycles. The highest BCUT2D eigenvalue weighted by atomic mass is 16.4. The second-order valence-corrected chi connectivity index (χ2v) is 6.45. The average molecular weight is 269 g/mol. The van der Waals surface area contributed by atoms with Crippen molar-refractivity contribution in [1.82, 2.24) is 5.32 Å². The molecule has 0 saturated heterocycles. The van der Waals surface area contributed by atoms with Crippen LogP contribution in [-0.4, -0.2) is 22.5 Å². The smallest absolute Gasteiger partial charge is 0.224 e. The van der Waals surface area contributed by atoms with Gasteiger partial charge >= 0.3 is 0 Å². The number of amidine groups is 1. The van der Waals surface area contributed by atoms with Crippen LogP contribution < -0.4 is 11.1 Å². The number of amides is 1. The van der Waals surface area contributed by atoms with E-state index in [1.165, 1.54) is 6.42 Å². The van der Waals surface area contributed by atoms with Crippen LogP contribution >= 0.6 is 0 Å². The monoisotopic (exact) mass is 269 g/mol. The predicted octanol–water partition coefficient (Wildman–Crippen LogP) is 2.23. The van der Waals surface area contributed by atoms with Crippen LogP contribution in [0.3, 0.4) is 0 Å². The molecule has 0 aliphatic heterocycles. The van der Waals surface area contributed by atoms with E-state index in [1.807, 2.05) is 6.92 Å². The van der Waals surface area contributed by atoms with Gasteiger partial charge in [0, 0.05) is 5.92 Å². The first-order chi connectivity index (χ1) is 8.77. The van der Waals surface area contributed by atoms with Gasteiger partial charge in [0.25, 0.3) is 0 Å². The summed E-state index contributed by atoms with van der Waals surface area (Å²) in [7, 11) is 0. The molecule has 5 heteroatoms. The Kier molecular flexibility index (Phi) is 4.82. The van der Waals surface area contributed by atoms with Crippen molar-refractivity contribution < 1.29 is 10.0 Å². The van der Waals surface area contributed by atoms with Gasteiger partial charge in [-0.1, -0.05) is 38.8 Å². The Hall–Kier alpha value is -1.26. The van der Waals surface area contributed by atoms with Crippen molar-refractivity contribution >= 4 is 11.7 Å². The van der Waals surface area contributed by atoms with Crippen molar-refractivity contribution in [2.75, 3.05) is 0 Å². The molecule has 110 valence electrons. The van der Waals surface area contributed by atoms with Crippen molar-refractivity contribution in [2.45, 2.75) is 65.3 Å². The lowest BCUT2D eigenvalue weighted by Gasteiger charge is -2.39. The summed E-state index contributed by atoms with van der Waals surface area (Å²) in [5.74, 6) is 0.0660. The number of nitrogens with one attached hydrogen (secondary N) is 1. The largest absolute Gasteiger partial charge is 0.409 e. The van der Waals surface area contributed by atoms with Gasteiger partial charge < -0.3 is 16.3 Å². The van der Waals surface area contributed by atoms with E-state index in [0.29, 0.717) is 6.42 Å². The number of rotatable bonds is 4. The first-order valence-corrected chi connectivity index (χ1v) is 7.07. The van der Waals surface area contributed by atoms with Gasteiger partial charge in [0.2, 0.25) is 5.91 Å². The normalized spacial score (nSPS) is 26.5. The van der Waals surface area contributed by atoms with Crippen LogP contribution in [0.25, 0.3) is 0 Å². The Labute approximate surface area is 115 Å². The first kappa shape index (κ1) is 15.8. The van der Waals surface area contributed by atoms with Gasteiger partial charge in [-0.3, -0.25) is 4.79 Å². The van der Waals surface area contributed by atoms with Crippen molar-refractivity contribution in [1.29, 1.82) is 0 Å². The average Bonchev–Trinajstić information content (AvgIpc) is 2.36. The highest BCUT2D eigenvalue weighted by molar-refractivity contribution is 5.94. The summed E-state index contributed by atoms with van der Waals surface area (Å²) in [5, 5.41) is 14.8. The number of nitrogens with two attached hydrogens (primary N) is 1. The number of carbonyl (C=O) groups is 1. The SMILES string of the molecule is CCC(C)(NC(=O)C1CCCCC1(C)C)C(N)=NO. The molecule has 19 heavy (non-hydrogen) atoms. The molecular weight excluding hydrogens is 242 g/mol. The Morgan fingerprint density at radius 1 is 1.53 bits per heavy atom. The number of oxime groups is 1. The number of nitrogens with zero attached hydrogens (tertiary/aromatic N) is 1. The Morgan fingerprint density at radius 2 is 2.16 bits per heavy atom. The van der Waals surface area contributed by atoms with Gasteiger partial charge in [-0.25, -0.2) is 0 Å². The third-order valence-corrected chi connectivity index (χ3v) is 4.60. The fourth-order valence-corrected chi connectivity index (χ4v) is 2.78.